The molecular weight excluding hydrogens is 220 g/mol. The van der Waals surface area contributed by atoms with Crippen LogP contribution in [0, 0.1) is 12.8 Å². The van der Waals surface area contributed by atoms with E-state index in [9.17, 15) is 15.0 Å². The first-order valence-electron chi connectivity index (χ1n) is 5.73. The molecular formula is C12H20N2O3. The topological polar surface area (TPSA) is 88.5 Å². The Morgan fingerprint density at radius 3 is 2.24 bits per heavy atom. The molecule has 0 saturated heterocycles. The number of aromatic nitrogens is 1. The van der Waals surface area contributed by atoms with Crippen LogP contribution in [0.4, 0.5) is 0 Å². The van der Waals surface area contributed by atoms with E-state index in [2.05, 4.69) is 0 Å². The zero-order chi connectivity index (χ0) is 13.3. The van der Waals surface area contributed by atoms with Gasteiger partial charge in [-0.25, -0.2) is 0 Å². The number of ketones is 1. The van der Waals surface area contributed by atoms with Crippen molar-refractivity contribution in [2.24, 2.45) is 11.7 Å². The third kappa shape index (κ3) is 2.15. The second kappa shape index (κ2) is 4.79. The first-order valence-corrected chi connectivity index (χ1v) is 5.73. The summed E-state index contributed by atoms with van der Waals surface area (Å²) in [5.74, 6) is -0.640. The van der Waals surface area contributed by atoms with E-state index in [1.807, 2.05) is 13.8 Å². The summed E-state index contributed by atoms with van der Waals surface area (Å²) < 4.78 is 1.29. The summed E-state index contributed by atoms with van der Waals surface area (Å²) in [6.07, 6.45) is 0. The summed E-state index contributed by atoms with van der Waals surface area (Å²) in [4.78, 5) is 12.1. The molecule has 0 bridgehead atoms. The van der Waals surface area contributed by atoms with Gasteiger partial charge in [0, 0.05) is 12.1 Å². The molecule has 17 heavy (non-hydrogen) atoms. The van der Waals surface area contributed by atoms with E-state index in [-0.39, 0.29) is 29.0 Å². The molecule has 0 fully saturated rings. The summed E-state index contributed by atoms with van der Waals surface area (Å²) in [5, 5.41) is 19.7. The van der Waals surface area contributed by atoms with Crippen LogP contribution in [0.15, 0.2) is 0 Å². The van der Waals surface area contributed by atoms with Crippen LogP contribution in [0.25, 0.3) is 0 Å². The molecule has 0 unspecified atom stereocenters. The van der Waals surface area contributed by atoms with Crippen molar-refractivity contribution in [2.75, 3.05) is 0 Å². The Morgan fingerprint density at radius 2 is 1.88 bits per heavy atom. The average Bonchev–Trinajstić information content (AvgIpc) is 2.48. The van der Waals surface area contributed by atoms with Crippen molar-refractivity contribution in [2.45, 2.75) is 40.3 Å². The lowest BCUT2D eigenvalue weighted by Gasteiger charge is -2.14. The number of nitrogens with two attached hydrogens (primary N) is 1. The molecule has 0 radical (unpaired) electrons. The highest BCUT2D eigenvalue weighted by Crippen LogP contribution is 2.34. The lowest BCUT2D eigenvalue weighted by Crippen LogP contribution is -2.35. The largest absolute Gasteiger partial charge is 0.494 e. The Kier molecular flexibility index (Phi) is 3.83. The number of aromatic hydroxyl groups is 2. The Hall–Kier alpha value is -1.49. The summed E-state index contributed by atoms with van der Waals surface area (Å²) >= 11 is 0. The fraction of sp³-hybridized carbons (Fsp3) is 0.583. The van der Waals surface area contributed by atoms with Gasteiger partial charge in [-0.15, -0.1) is 0 Å². The Morgan fingerprint density at radius 1 is 1.35 bits per heavy atom. The third-order valence-corrected chi connectivity index (χ3v) is 3.03. The van der Waals surface area contributed by atoms with Gasteiger partial charge in [0.1, 0.15) is 0 Å². The number of hydrogen-bond donors (Lipinski definition) is 3. The maximum Gasteiger partial charge on any atom is 0.205 e. The van der Waals surface area contributed by atoms with E-state index in [1.165, 1.54) is 4.57 Å². The van der Waals surface area contributed by atoms with Crippen molar-refractivity contribution in [3.05, 3.63) is 11.1 Å². The van der Waals surface area contributed by atoms with Gasteiger partial charge in [0.15, 0.2) is 11.7 Å². The van der Waals surface area contributed by atoms with Gasteiger partial charge in [-0.2, -0.15) is 0 Å². The molecule has 1 heterocycles. The molecule has 0 aliphatic rings. The molecule has 5 heteroatoms. The number of Topliss-reactive ketones (excluding diaryl/α,β-unsaturated/α-hetero) is 1. The minimum absolute atomic E-state index is 0.0200. The molecule has 5 nitrogen and oxygen atoms in total. The van der Waals surface area contributed by atoms with Gasteiger partial charge >= 0.3 is 0 Å². The lowest BCUT2D eigenvalue weighted by molar-refractivity contribution is 0.0937. The third-order valence-electron chi connectivity index (χ3n) is 3.03. The van der Waals surface area contributed by atoms with Crippen molar-refractivity contribution < 1.29 is 15.0 Å². The maximum atomic E-state index is 12.1. The standard InChI is InChI=1S/C12H20N2O3/c1-5-14-11(16)7(4)8(12(14)17)10(15)9(13)6(2)3/h6,9,16-17H,5,13H2,1-4H3/t9-/m0/s1. The summed E-state index contributed by atoms with van der Waals surface area (Å²) in [6, 6.07) is -0.674. The van der Waals surface area contributed by atoms with Crippen molar-refractivity contribution in [1.82, 2.24) is 4.57 Å². The molecule has 1 atom stereocenters. The highest BCUT2D eigenvalue weighted by atomic mass is 16.3. The predicted molar refractivity (Wildman–Crippen MR) is 65.3 cm³/mol. The van der Waals surface area contributed by atoms with Crippen molar-refractivity contribution >= 4 is 5.78 Å². The molecule has 96 valence electrons. The minimum Gasteiger partial charge on any atom is -0.494 e. The van der Waals surface area contributed by atoms with E-state index in [0.29, 0.717) is 12.1 Å². The molecule has 1 aromatic rings. The van der Waals surface area contributed by atoms with Crippen LogP contribution in [0.2, 0.25) is 0 Å². The van der Waals surface area contributed by atoms with Crippen LogP contribution in [0.1, 0.15) is 36.7 Å². The summed E-state index contributed by atoms with van der Waals surface area (Å²) in [7, 11) is 0. The fourth-order valence-corrected chi connectivity index (χ4v) is 1.78. The Bertz CT molecular complexity index is 435. The molecule has 1 rings (SSSR count). The molecule has 4 N–H and O–H groups in total. The summed E-state index contributed by atoms with van der Waals surface area (Å²) in [6.45, 7) is 7.44. The van der Waals surface area contributed by atoms with Gasteiger partial charge < -0.3 is 15.9 Å². The smallest absolute Gasteiger partial charge is 0.205 e. The monoisotopic (exact) mass is 240 g/mol. The van der Waals surface area contributed by atoms with Gasteiger partial charge in [-0.1, -0.05) is 13.8 Å². The molecule has 0 aliphatic heterocycles. The number of carbonyl (C=O) groups excluding carboxylic acids is 1. The van der Waals surface area contributed by atoms with Gasteiger partial charge in [-0.3, -0.25) is 9.36 Å². The van der Waals surface area contributed by atoms with Crippen LogP contribution < -0.4 is 5.73 Å². The van der Waals surface area contributed by atoms with Crippen LogP contribution in [-0.4, -0.2) is 26.6 Å². The van der Waals surface area contributed by atoms with E-state index in [0.717, 1.165) is 0 Å². The van der Waals surface area contributed by atoms with Crippen molar-refractivity contribution in [3.63, 3.8) is 0 Å². The highest BCUT2D eigenvalue weighted by Gasteiger charge is 2.28. The number of hydrogen-bond acceptors (Lipinski definition) is 4. The molecule has 0 amide bonds. The van der Waals surface area contributed by atoms with Gasteiger partial charge in [0.25, 0.3) is 0 Å². The van der Waals surface area contributed by atoms with Gasteiger partial charge in [0.05, 0.1) is 11.6 Å². The first-order chi connectivity index (χ1) is 7.82. The quantitative estimate of drug-likeness (QED) is 0.694. The minimum atomic E-state index is -0.674. The normalized spacial score (nSPS) is 13.1. The van der Waals surface area contributed by atoms with E-state index >= 15 is 0 Å². The number of rotatable bonds is 4. The lowest BCUT2D eigenvalue weighted by atomic mass is 9.95. The average molecular weight is 240 g/mol. The Labute approximate surface area is 101 Å². The van der Waals surface area contributed by atoms with Gasteiger partial charge in [-0.05, 0) is 19.8 Å². The second-order valence-electron chi connectivity index (χ2n) is 4.53. The molecule has 1 aromatic heterocycles. The van der Waals surface area contributed by atoms with Crippen molar-refractivity contribution in [3.8, 4) is 11.8 Å². The Balaban J connectivity index is 3.28. The number of nitrogens with zero attached hydrogens (tertiary/aromatic N) is 1. The van der Waals surface area contributed by atoms with Crippen LogP contribution in [0.3, 0.4) is 0 Å². The van der Waals surface area contributed by atoms with E-state index < -0.39 is 6.04 Å². The SMILES string of the molecule is CCn1c(O)c(C)c(C(=O)[C@@H](N)C(C)C)c1O. The fourth-order valence-electron chi connectivity index (χ4n) is 1.78. The van der Waals surface area contributed by atoms with E-state index in [4.69, 9.17) is 5.73 Å². The number of carbonyl (C=O) groups is 1. The van der Waals surface area contributed by atoms with Crippen LogP contribution >= 0.6 is 0 Å². The van der Waals surface area contributed by atoms with Crippen LogP contribution in [-0.2, 0) is 6.54 Å². The van der Waals surface area contributed by atoms with E-state index in [1.54, 1.807) is 13.8 Å². The molecule has 0 aliphatic carbocycles. The summed E-state index contributed by atoms with van der Waals surface area (Å²) in [5.41, 5.74) is 6.29. The zero-order valence-electron chi connectivity index (χ0n) is 10.7. The van der Waals surface area contributed by atoms with Crippen LogP contribution in [0.5, 0.6) is 11.8 Å². The first kappa shape index (κ1) is 13.6. The maximum absolute atomic E-state index is 12.1. The highest BCUT2D eigenvalue weighted by molar-refractivity contribution is 6.04. The predicted octanol–water partition coefficient (Wildman–Crippen LogP) is 1.39. The zero-order valence-corrected chi connectivity index (χ0v) is 10.7. The molecule has 0 saturated carbocycles. The van der Waals surface area contributed by atoms with Crippen molar-refractivity contribution in [1.29, 1.82) is 0 Å². The second-order valence-corrected chi connectivity index (χ2v) is 4.53. The van der Waals surface area contributed by atoms with Gasteiger partial charge in [0.2, 0.25) is 5.88 Å². The molecule has 0 spiro atoms. The molecule has 0 aromatic carbocycles.